The maximum Gasteiger partial charge on any atom is 0.319 e. The molecule has 4 aromatic rings. The molecule has 0 spiro atoms. The van der Waals surface area contributed by atoms with Crippen LogP contribution in [0.2, 0.25) is 0 Å². The molecule has 0 saturated heterocycles. The summed E-state index contributed by atoms with van der Waals surface area (Å²) in [6.07, 6.45) is 3.71. The molecule has 0 aliphatic rings. The van der Waals surface area contributed by atoms with Crippen molar-refractivity contribution >= 4 is 29.2 Å². The molecule has 2 aromatic heterocycles. The fourth-order valence-corrected chi connectivity index (χ4v) is 4.40. The summed E-state index contributed by atoms with van der Waals surface area (Å²) in [6, 6.07) is 17.4. The summed E-state index contributed by atoms with van der Waals surface area (Å²) < 4.78 is 29.3. The van der Waals surface area contributed by atoms with Gasteiger partial charge in [0.2, 0.25) is 0 Å². The normalized spacial score (nSPS) is 10.7. The summed E-state index contributed by atoms with van der Waals surface area (Å²) in [7, 11) is 2.55. The van der Waals surface area contributed by atoms with E-state index in [1.165, 1.54) is 20.3 Å². The first-order valence-electron chi connectivity index (χ1n) is 14.5. The number of hydrogen-bond donors (Lipinski definition) is 4. The van der Waals surface area contributed by atoms with Crippen LogP contribution in [0.25, 0.3) is 11.4 Å². The zero-order valence-electron chi connectivity index (χ0n) is 25.9. The molecule has 0 saturated carbocycles. The second kappa shape index (κ2) is 16.6. The van der Waals surface area contributed by atoms with Crippen LogP contribution >= 0.6 is 0 Å². The van der Waals surface area contributed by atoms with Crippen molar-refractivity contribution in [2.24, 2.45) is 0 Å². The number of anilines is 2. The Labute approximate surface area is 266 Å². The van der Waals surface area contributed by atoms with Gasteiger partial charge < -0.3 is 35.1 Å². The van der Waals surface area contributed by atoms with E-state index in [0.29, 0.717) is 60.3 Å². The van der Waals surface area contributed by atoms with Gasteiger partial charge in [-0.2, -0.15) is 0 Å². The smallest absolute Gasteiger partial charge is 0.319 e. The molecule has 1 amide bonds. The molecule has 46 heavy (non-hydrogen) atoms. The number of nitrogens with one attached hydrogen (secondary N) is 4. The lowest BCUT2D eigenvalue weighted by Crippen LogP contribution is -2.37. The molecule has 0 atom stereocenters. The molecular formula is C33H37FN6O6. The Bertz CT molecular complexity index is 1610. The second-order valence-corrected chi connectivity index (χ2v) is 10.3. The number of H-pyrrole nitrogens is 1. The number of hydrogen-bond acceptors (Lipinski definition) is 10. The lowest BCUT2D eigenvalue weighted by molar-refractivity contribution is -0.145. The maximum atomic E-state index is 13.9. The molecule has 0 aliphatic heterocycles. The van der Waals surface area contributed by atoms with Crippen molar-refractivity contribution in [3.05, 3.63) is 90.0 Å². The molecule has 0 bridgehead atoms. The predicted molar refractivity (Wildman–Crippen MR) is 171 cm³/mol. The van der Waals surface area contributed by atoms with E-state index < -0.39 is 11.9 Å². The standard InChI is InChI=1S/C33H37FN6O6/c1-22-5-10-27(34)28(15-22)39-21-38-24-6-8-25(9-7-24)46-26-11-13-35-30(17-26)29-16-23(18-37-29)33(43)36-12-4-14-40(19-31(41)44-2)20-32(42)45-3/h5-11,13,15-18,37-39H,4,12,14,19-21H2,1-3H3,(H,36,43). The average Bonchev–Trinajstić information content (AvgIpc) is 3.56. The fourth-order valence-electron chi connectivity index (χ4n) is 4.40. The quantitative estimate of drug-likeness (QED) is 0.0787. The summed E-state index contributed by atoms with van der Waals surface area (Å²) >= 11 is 0. The van der Waals surface area contributed by atoms with E-state index in [-0.39, 0.29) is 24.8 Å². The van der Waals surface area contributed by atoms with Crippen molar-refractivity contribution in [3.8, 4) is 22.9 Å². The zero-order valence-corrected chi connectivity index (χ0v) is 25.9. The number of rotatable bonds is 16. The molecule has 12 nitrogen and oxygen atoms in total. The Kier molecular flexibility index (Phi) is 12.1. The summed E-state index contributed by atoms with van der Waals surface area (Å²) in [5.74, 6) is -0.351. The summed E-state index contributed by atoms with van der Waals surface area (Å²) in [6.45, 7) is 2.84. The highest BCUT2D eigenvalue weighted by Gasteiger charge is 2.16. The van der Waals surface area contributed by atoms with Gasteiger partial charge >= 0.3 is 11.9 Å². The van der Waals surface area contributed by atoms with Crippen LogP contribution in [0.4, 0.5) is 15.8 Å². The fraction of sp³-hybridized carbons (Fsp3) is 0.273. The van der Waals surface area contributed by atoms with Crippen LogP contribution < -0.4 is 20.7 Å². The maximum absolute atomic E-state index is 13.9. The number of halogens is 1. The molecular weight excluding hydrogens is 595 g/mol. The number of pyridine rings is 1. The zero-order chi connectivity index (χ0) is 32.9. The minimum Gasteiger partial charge on any atom is -0.468 e. The van der Waals surface area contributed by atoms with Gasteiger partial charge in [0.25, 0.3) is 5.91 Å². The molecule has 4 rings (SSSR count). The van der Waals surface area contributed by atoms with E-state index in [9.17, 15) is 18.8 Å². The first kappa shape index (κ1) is 33.5. The van der Waals surface area contributed by atoms with Gasteiger partial charge in [-0.05, 0) is 67.4 Å². The largest absolute Gasteiger partial charge is 0.468 e. The van der Waals surface area contributed by atoms with Gasteiger partial charge in [0, 0.05) is 37.2 Å². The topological polar surface area (TPSA) is 147 Å². The van der Waals surface area contributed by atoms with Gasteiger partial charge in [0.05, 0.1) is 56.6 Å². The molecule has 0 fully saturated rings. The number of nitrogens with zero attached hydrogens (tertiary/aromatic N) is 2. The van der Waals surface area contributed by atoms with Crippen LogP contribution in [-0.2, 0) is 19.1 Å². The minimum absolute atomic E-state index is 0.0606. The Morgan fingerprint density at radius 2 is 1.65 bits per heavy atom. The van der Waals surface area contributed by atoms with E-state index in [0.717, 1.165) is 11.3 Å². The predicted octanol–water partition coefficient (Wildman–Crippen LogP) is 4.57. The molecule has 0 radical (unpaired) electrons. The summed E-state index contributed by atoms with van der Waals surface area (Å²) in [5, 5.41) is 9.07. The first-order chi connectivity index (χ1) is 22.2. The summed E-state index contributed by atoms with van der Waals surface area (Å²) in [4.78, 5) is 45.1. The molecule has 2 aromatic carbocycles. The molecule has 0 aliphatic carbocycles. The molecule has 0 unspecified atom stereocenters. The number of esters is 2. The van der Waals surface area contributed by atoms with Crippen molar-refractivity contribution in [2.45, 2.75) is 13.3 Å². The van der Waals surface area contributed by atoms with Crippen LogP contribution in [-0.4, -0.2) is 79.8 Å². The van der Waals surface area contributed by atoms with Gasteiger partial charge in [-0.1, -0.05) is 6.07 Å². The molecule has 13 heteroatoms. The highest BCUT2D eigenvalue weighted by atomic mass is 19.1. The van der Waals surface area contributed by atoms with Gasteiger partial charge in [0.1, 0.15) is 17.3 Å². The number of methoxy groups -OCH3 is 2. The van der Waals surface area contributed by atoms with Gasteiger partial charge in [0.15, 0.2) is 0 Å². The van der Waals surface area contributed by atoms with Gasteiger partial charge in [-0.25, -0.2) is 4.39 Å². The molecule has 242 valence electrons. The number of carbonyl (C=O) groups is 3. The van der Waals surface area contributed by atoms with E-state index in [1.807, 2.05) is 31.2 Å². The van der Waals surface area contributed by atoms with Crippen LogP contribution in [0.5, 0.6) is 11.5 Å². The first-order valence-corrected chi connectivity index (χ1v) is 14.5. The summed E-state index contributed by atoms with van der Waals surface area (Å²) in [5.41, 5.74) is 3.88. The Hall–Kier alpha value is -5.43. The number of amides is 1. The van der Waals surface area contributed by atoms with Gasteiger partial charge in [-0.15, -0.1) is 0 Å². The van der Waals surface area contributed by atoms with Crippen LogP contribution in [0.1, 0.15) is 22.3 Å². The number of carbonyl (C=O) groups excluding carboxylic acids is 3. The Morgan fingerprint density at radius 3 is 2.37 bits per heavy atom. The van der Waals surface area contributed by atoms with Crippen molar-refractivity contribution in [1.29, 1.82) is 0 Å². The van der Waals surface area contributed by atoms with Crippen molar-refractivity contribution in [3.63, 3.8) is 0 Å². The van der Waals surface area contributed by atoms with Crippen LogP contribution in [0, 0.1) is 12.7 Å². The van der Waals surface area contributed by atoms with E-state index in [1.54, 1.807) is 47.6 Å². The van der Waals surface area contributed by atoms with E-state index >= 15 is 0 Å². The Balaban J connectivity index is 1.26. The number of aromatic amines is 1. The van der Waals surface area contributed by atoms with E-state index in [4.69, 9.17) is 4.74 Å². The van der Waals surface area contributed by atoms with Gasteiger partial charge in [-0.3, -0.25) is 24.3 Å². The van der Waals surface area contributed by atoms with Crippen molar-refractivity contribution in [1.82, 2.24) is 20.2 Å². The minimum atomic E-state index is -0.469. The SMILES string of the molecule is COC(=O)CN(CCCNC(=O)c1c[nH]c(-c2cc(Oc3ccc(NCNc4cc(C)ccc4F)cc3)ccn2)c1)CC(=O)OC. The molecule has 2 heterocycles. The highest BCUT2D eigenvalue weighted by molar-refractivity contribution is 5.95. The van der Waals surface area contributed by atoms with Crippen LogP contribution in [0.15, 0.2) is 73.1 Å². The lowest BCUT2D eigenvalue weighted by atomic mass is 10.2. The number of ether oxygens (including phenoxy) is 3. The second-order valence-electron chi connectivity index (χ2n) is 10.3. The third-order valence-electron chi connectivity index (χ3n) is 6.83. The number of aryl methyl sites for hydroxylation is 1. The average molecular weight is 633 g/mol. The third-order valence-corrected chi connectivity index (χ3v) is 6.83. The van der Waals surface area contributed by atoms with E-state index in [2.05, 4.69) is 35.4 Å². The van der Waals surface area contributed by atoms with Crippen LogP contribution in [0.3, 0.4) is 0 Å². The highest BCUT2D eigenvalue weighted by Crippen LogP contribution is 2.26. The molecule has 4 N–H and O–H groups in total. The van der Waals surface area contributed by atoms with Crippen molar-refractivity contribution in [2.75, 3.05) is 57.7 Å². The number of benzene rings is 2. The monoisotopic (exact) mass is 632 g/mol. The van der Waals surface area contributed by atoms with Crippen molar-refractivity contribution < 1.29 is 33.0 Å². The third kappa shape index (κ3) is 10.1. The number of aromatic nitrogens is 2. The lowest BCUT2D eigenvalue weighted by Gasteiger charge is -2.19. The Morgan fingerprint density at radius 1 is 0.913 bits per heavy atom.